The maximum absolute atomic E-state index is 12.9. The molecule has 180 valence electrons. The van der Waals surface area contributed by atoms with Gasteiger partial charge in [0.25, 0.3) is 11.1 Å². The molecule has 0 aliphatic carbocycles. The molecule has 8 heteroatoms. The number of amides is 2. The van der Waals surface area contributed by atoms with E-state index in [4.69, 9.17) is 14.2 Å². The highest BCUT2D eigenvalue weighted by Gasteiger charge is 2.35. The van der Waals surface area contributed by atoms with Crippen molar-refractivity contribution in [2.45, 2.75) is 13.5 Å². The van der Waals surface area contributed by atoms with Crippen LogP contribution >= 0.6 is 27.7 Å². The molecule has 1 aliphatic heterocycles. The maximum Gasteiger partial charge on any atom is 0.293 e. The minimum absolute atomic E-state index is 0.176. The van der Waals surface area contributed by atoms with Crippen LogP contribution in [0.3, 0.4) is 0 Å². The highest BCUT2D eigenvalue weighted by Crippen LogP contribution is 2.39. The summed E-state index contributed by atoms with van der Waals surface area (Å²) in [7, 11) is 1.56. The summed E-state index contributed by atoms with van der Waals surface area (Å²) in [5, 5.41) is -0.317. The zero-order valence-corrected chi connectivity index (χ0v) is 21.7. The molecule has 3 aromatic carbocycles. The number of rotatable bonds is 9. The van der Waals surface area contributed by atoms with Crippen LogP contribution in [0.25, 0.3) is 6.08 Å². The van der Waals surface area contributed by atoms with Crippen LogP contribution in [-0.2, 0) is 11.4 Å². The second-order valence-corrected chi connectivity index (χ2v) is 9.59. The highest BCUT2D eigenvalue weighted by atomic mass is 79.9. The fourth-order valence-electron chi connectivity index (χ4n) is 3.50. The second kappa shape index (κ2) is 11.5. The Bertz CT molecular complexity index is 1260. The van der Waals surface area contributed by atoms with Crippen molar-refractivity contribution >= 4 is 44.9 Å². The summed E-state index contributed by atoms with van der Waals surface area (Å²) in [6.07, 6.45) is 1.68. The van der Waals surface area contributed by atoms with Crippen molar-refractivity contribution in [1.82, 2.24) is 4.90 Å². The fraction of sp³-hybridized carbons (Fsp3) is 0.185. The van der Waals surface area contributed by atoms with Crippen molar-refractivity contribution in [2.75, 3.05) is 20.3 Å². The smallest absolute Gasteiger partial charge is 0.293 e. The van der Waals surface area contributed by atoms with Crippen molar-refractivity contribution in [3.63, 3.8) is 0 Å². The van der Waals surface area contributed by atoms with Crippen molar-refractivity contribution in [2.24, 2.45) is 0 Å². The molecule has 2 amide bonds. The van der Waals surface area contributed by atoms with Crippen molar-refractivity contribution in [1.29, 1.82) is 0 Å². The molecule has 0 N–H and O–H groups in total. The summed E-state index contributed by atoms with van der Waals surface area (Å²) in [5.41, 5.74) is 2.93. The molecule has 3 aromatic rings. The van der Waals surface area contributed by atoms with E-state index >= 15 is 0 Å². The van der Waals surface area contributed by atoms with E-state index in [-0.39, 0.29) is 24.3 Å². The lowest BCUT2D eigenvalue weighted by Gasteiger charge is -2.15. The SMILES string of the molecule is COc1cc(/C=C2\SC(=O)N(CCOc3ccccc3)C2=O)cc(Br)c1OCc1ccccc1C. The summed E-state index contributed by atoms with van der Waals surface area (Å²) in [4.78, 5) is 26.8. The van der Waals surface area contributed by atoms with Crippen LogP contribution < -0.4 is 14.2 Å². The van der Waals surface area contributed by atoms with E-state index in [1.54, 1.807) is 19.3 Å². The number of hydrogen-bond donors (Lipinski definition) is 0. The highest BCUT2D eigenvalue weighted by molar-refractivity contribution is 9.10. The van der Waals surface area contributed by atoms with E-state index in [0.717, 1.165) is 22.9 Å². The number of thioether (sulfide) groups is 1. The lowest BCUT2D eigenvalue weighted by Crippen LogP contribution is -2.32. The molecule has 0 bridgehead atoms. The van der Waals surface area contributed by atoms with Crippen LogP contribution in [0, 0.1) is 6.92 Å². The topological polar surface area (TPSA) is 65.1 Å². The predicted molar refractivity (Wildman–Crippen MR) is 141 cm³/mol. The number of methoxy groups -OCH3 is 1. The zero-order chi connectivity index (χ0) is 24.8. The molecule has 0 aromatic heterocycles. The molecule has 1 fully saturated rings. The third-order valence-electron chi connectivity index (χ3n) is 5.38. The largest absolute Gasteiger partial charge is 0.493 e. The van der Waals surface area contributed by atoms with Gasteiger partial charge in [0.15, 0.2) is 11.5 Å². The number of nitrogens with zero attached hydrogens (tertiary/aromatic N) is 1. The summed E-state index contributed by atoms with van der Waals surface area (Å²) < 4.78 is 17.9. The number of para-hydroxylation sites is 1. The molecule has 1 saturated heterocycles. The minimum Gasteiger partial charge on any atom is -0.493 e. The number of hydrogen-bond acceptors (Lipinski definition) is 6. The Labute approximate surface area is 217 Å². The minimum atomic E-state index is -0.341. The summed E-state index contributed by atoms with van der Waals surface area (Å²) in [5.74, 6) is 1.44. The molecule has 0 atom stereocenters. The zero-order valence-electron chi connectivity index (χ0n) is 19.3. The van der Waals surface area contributed by atoms with Crippen LogP contribution in [0.2, 0.25) is 0 Å². The third kappa shape index (κ3) is 6.07. The van der Waals surface area contributed by atoms with E-state index in [2.05, 4.69) is 15.9 Å². The number of imide groups is 1. The van der Waals surface area contributed by atoms with Gasteiger partial charge in [-0.1, -0.05) is 42.5 Å². The Morgan fingerprint density at radius 2 is 1.74 bits per heavy atom. The molecule has 1 aliphatic rings. The fourth-order valence-corrected chi connectivity index (χ4v) is 4.94. The normalized spacial score (nSPS) is 14.5. The molecule has 0 saturated carbocycles. The van der Waals surface area contributed by atoms with Crippen LogP contribution in [0.5, 0.6) is 17.2 Å². The molecule has 0 spiro atoms. The van der Waals surface area contributed by atoms with Crippen molar-refractivity contribution < 1.29 is 23.8 Å². The van der Waals surface area contributed by atoms with Gasteiger partial charge in [0, 0.05) is 0 Å². The van der Waals surface area contributed by atoms with Gasteiger partial charge in [-0.2, -0.15) is 0 Å². The van der Waals surface area contributed by atoms with E-state index in [9.17, 15) is 9.59 Å². The number of ether oxygens (including phenoxy) is 3. The summed E-state index contributed by atoms with van der Waals surface area (Å²) >= 11 is 4.47. The average Bonchev–Trinajstić information content (AvgIpc) is 3.12. The van der Waals surface area contributed by atoms with Gasteiger partial charge >= 0.3 is 0 Å². The maximum atomic E-state index is 12.9. The van der Waals surface area contributed by atoms with Crippen LogP contribution in [0.4, 0.5) is 4.79 Å². The molecule has 1 heterocycles. The Hall–Kier alpha value is -3.23. The van der Waals surface area contributed by atoms with Gasteiger partial charge in [0.1, 0.15) is 19.0 Å². The molecule has 6 nitrogen and oxygen atoms in total. The Morgan fingerprint density at radius 3 is 2.49 bits per heavy atom. The van der Waals surface area contributed by atoms with Crippen LogP contribution in [0.1, 0.15) is 16.7 Å². The van der Waals surface area contributed by atoms with Crippen LogP contribution in [0.15, 0.2) is 76.1 Å². The Kier molecular flexibility index (Phi) is 8.15. The first-order valence-corrected chi connectivity index (χ1v) is 12.6. The van der Waals surface area contributed by atoms with Gasteiger partial charge in [-0.25, -0.2) is 0 Å². The Balaban J connectivity index is 1.45. The lowest BCUT2D eigenvalue weighted by molar-refractivity contribution is -0.123. The Morgan fingerprint density at radius 1 is 1.00 bits per heavy atom. The average molecular weight is 554 g/mol. The summed E-state index contributed by atoms with van der Waals surface area (Å²) in [6.45, 7) is 2.83. The van der Waals surface area contributed by atoms with Gasteiger partial charge < -0.3 is 14.2 Å². The quantitative estimate of drug-likeness (QED) is 0.283. The second-order valence-electron chi connectivity index (χ2n) is 7.74. The monoisotopic (exact) mass is 553 g/mol. The number of halogens is 1. The predicted octanol–water partition coefficient (Wildman–Crippen LogP) is 6.46. The molecule has 0 unspecified atom stereocenters. The standard InChI is InChI=1S/C27H24BrNO5S/c1-18-8-6-7-9-20(18)17-34-25-22(28)14-19(15-23(25)32-2)16-24-26(30)29(27(31)35-24)12-13-33-21-10-4-3-5-11-21/h3-11,14-16H,12-13,17H2,1-2H3/b24-16-. The first-order valence-electron chi connectivity index (χ1n) is 10.9. The van der Waals surface area contributed by atoms with E-state index < -0.39 is 0 Å². The first kappa shape index (κ1) is 24.9. The van der Waals surface area contributed by atoms with Gasteiger partial charge in [-0.05, 0) is 81.6 Å². The van der Waals surface area contributed by atoms with E-state index in [0.29, 0.717) is 38.8 Å². The van der Waals surface area contributed by atoms with Crippen molar-refractivity contribution in [3.8, 4) is 17.2 Å². The van der Waals surface area contributed by atoms with Gasteiger partial charge in [-0.15, -0.1) is 0 Å². The molecular formula is C27H24BrNO5S. The number of aryl methyl sites for hydroxylation is 1. The molecule has 35 heavy (non-hydrogen) atoms. The van der Waals surface area contributed by atoms with E-state index in [1.165, 1.54) is 4.90 Å². The van der Waals surface area contributed by atoms with Gasteiger partial charge in [0.05, 0.1) is 23.0 Å². The van der Waals surface area contributed by atoms with Crippen molar-refractivity contribution in [3.05, 3.63) is 92.8 Å². The number of benzene rings is 3. The molecule has 4 rings (SSSR count). The summed E-state index contributed by atoms with van der Waals surface area (Å²) in [6, 6.07) is 20.9. The first-order chi connectivity index (χ1) is 17.0. The van der Waals surface area contributed by atoms with Crippen LogP contribution in [-0.4, -0.2) is 36.3 Å². The number of carbonyl (C=O) groups is 2. The van der Waals surface area contributed by atoms with E-state index in [1.807, 2.05) is 67.6 Å². The lowest BCUT2D eigenvalue weighted by atomic mass is 10.1. The van der Waals surface area contributed by atoms with Gasteiger partial charge in [-0.3, -0.25) is 14.5 Å². The molecule has 0 radical (unpaired) electrons. The number of carbonyl (C=O) groups excluding carboxylic acids is 2. The third-order valence-corrected chi connectivity index (χ3v) is 6.88. The van der Waals surface area contributed by atoms with Gasteiger partial charge in [0.2, 0.25) is 0 Å². The molecular weight excluding hydrogens is 530 g/mol.